The number of carbonyl (C=O) groups is 1. The molecule has 1 aromatic heterocycles. The zero-order valence-electron chi connectivity index (χ0n) is 5.89. The Hall–Kier alpha value is -1.60. The van der Waals surface area contributed by atoms with Crippen molar-refractivity contribution in [2.75, 3.05) is 0 Å². The number of nitrogens with one attached hydrogen (secondary N) is 1. The maximum absolute atomic E-state index is 10.8. The molecule has 1 amide bonds. The van der Waals surface area contributed by atoms with E-state index in [1.54, 1.807) is 0 Å². The number of carbonyl (C=O) groups excluding carboxylic acids is 1. The molecular formula is C5H7N3O4. The Balaban J connectivity index is 3.18. The Morgan fingerprint density at radius 2 is 2.25 bits per heavy atom. The second-order valence-corrected chi connectivity index (χ2v) is 2.10. The van der Waals surface area contributed by atoms with Crippen LogP contribution >= 0.6 is 0 Å². The number of aliphatic hydroxyl groups is 2. The van der Waals surface area contributed by atoms with Crippen molar-refractivity contribution in [1.29, 1.82) is 0 Å². The summed E-state index contributed by atoms with van der Waals surface area (Å²) in [5.41, 5.74) is 3.79. The van der Waals surface area contributed by atoms with E-state index in [2.05, 4.69) is 0 Å². The molecule has 12 heavy (non-hydrogen) atoms. The molecular weight excluding hydrogens is 166 g/mol. The van der Waals surface area contributed by atoms with E-state index in [-0.39, 0.29) is 5.69 Å². The lowest BCUT2D eigenvalue weighted by molar-refractivity contribution is -0.0456. The number of aromatic amines is 1. The first-order valence-corrected chi connectivity index (χ1v) is 3.00. The van der Waals surface area contributed by atoms with Gasteiger partial charge in [0.1, 0.15) is 0 Å². The lowest BCUT2D eigenvalue weighted by Crippen LogP contribution is -2.28. The Morgan fingerprint density at radius 3 is 2.50 bits per heavy atom. The number of aliphatic hydroxyl groups excluding tert-OH is 1. The molecule has 0 fully saturated rings. The van der Waals surface area contributed by atoms with Crippen LogP contribution in [-0.4, -0.2) is 25.8 Å². The van der Waals surface area contributed by atoms with Gasteiger partial charge in [0.05, 0.1) is 5.69 Å². The number of H-pyrrole nitrogens is 1. The number of rotatable bonds is 1. The normalized spacial score (nSPS) is 10.6. The minimum atomic E-state index is -1.82. The number of imidazole rings is 1. The fraction of sp³-hybridized carbons (Fsp3) is 0.200. The van der Waals surface area contributed by atoms with Crippen molar-refractivity contribution >= 4 is 6.03 Å². The Labute approximate surface area is 66.1 Å². The molecule has 0 bridgehead atoms. The fourth-order valence-electron chi connectivity index (χ4n) is 0.709. The molecule has 0 saturated heterocycles. The summed E-state index contributed by atoms with van der Waals surface area (Å²) >= 11 is 0. The largest absolute Gasteiger partial charge is 0.363 e. The Kier molecular flexibility index (Phi) is 1.98. The van der Waals surface area contributed by atoms with Crippen LogP contribution in [0.3, 0.4) is 0 Å². The van der Waals surface area contributed by atoms with Gasteiger partial charge in [-0.3, -0.25) is 0 Å². The third kappa shape index (κ3) is 1.36. The van der Waals surface area contributed by atoms with Crippen LogP contribution in [0.15, 0.2) is 11.0 Å². The molecule has 66 valence electrons. The summed E-state index contributed by atoms with van der Waals surface area (Å²) in [6, 6.07) is -0.983. The SMILES string of the molecule is NC(=O)n1cc(C(O)O)[nH]c1=O. The molecule has 0 aliphatic rings. The average molecular weight is 173 g/mol. The zero-order chi connectivity index (χ0) is 9.30. The first-order valence-electron chi connectivity index (χ1n) is 3.00. The third-order valence-corrected chi connectivity index (χ3v) is 1.25. The van der Waals surface area contributed by atoms with Gasteiger partial charge in [0.15, 0.2) is 6.29 Å². The number of aromatic nitrogens is 2. The summed E-state index contributed by atoms with van der Waals surface area (Å²) in [7, 11) is 0. The summed E-state index contributed by atoms with van der Waals surface area (Å²) in [5, 5.41) is 17.1. The van der Waals surface area contributed by atoms with Gasteiger partial charge in [0, 0.05) is 6.20 Å². The molecule has 0 radical (unpaired) electrons. The smallest absolute Gasteiger partial charge is 0.334 e. The highest BCUT2D eigenvalue weighted by atomic mass is 16.5. The van der Waals surface area contributed by atoms with Gasteiger partial charge in [-0.2, -0.15) is 0 Å². The summed E-state index contributed by atoms with van der Waals surface area (Å²) in [6.45, 7) is 0. The van der Waals surface area contributed by atoms with Gasteiger partial charge in [0.25, 0.3) is 0 Å². The third-order valence-electron chi connectivity index (χ3n) is 1.25. The number of primary amides is 1. The summed E-state index contributed by atoms with van der Waals surface area (Å²) in [6.07, 6.45) is -0.895. The highest BCUT2D eigenvalue weighted by Crippen LogP contribution is 2.01. The molecule has 1 heterocycles. The highest BCUT2D eigenvalue weighted by Gasteiger charge is 2.10. The van der Waals surface area contributed by atoms with Crippen molar-refractivity contribution in [3.63, 3.8) is 0 Å². The van der Waals surface area contributed by atoms with Gasteiger partial charge in [-0.15, -0.1) is 0 Å². The van der Waals surface area contributed by atoms with Crippen LogP contribution in [0, 0.1) is 0 Å². The minimum Gasteiger partial charge on any atom is -0.363 e. The number of nitrogens with two attached hydrogens (primary N) is 1. The molecule has 0 aliphatic heterocycles. The molecule has 0 atom stereocenters. The summed E-state index contributed by atoms with van der Waals surface area (Å²) < 4.78 is 0.536. The second-order valence-electron chi connectivity index (χ2n) is 2.10. The first kappa shape index (κ1) is 8.50. The van der Waals surface area contributed by atoms with E-state index < -0.39 is 18.0 Å². The average Bonchev–Trinajstić information content (AvgIpc) is 2.30. The number of hydrogen-bond acceptors (Lipinski definition) is 4. The molecule has 0 aliphatic carbocycles. The van der Waals surface area contributed by atoms with Crippen LogP contribution in [0.5, 0.6) is 0 Å². The molecule has 7 heteroatoms. The van der Waals surface area contributed by atoms with E-state index in [4.69, 9.17) is 15.9 Å². The summed E-state index contributed by atoms with van der Waals surface area (Å²) in [5.74, 6) is 0. The van der Waals surface area contributed by atoms with Crippen molar-refractivity contribution in [1.82, 2.24) is 9.55 Å². The predicted molar refractivity (Wildman–Crippen MR) is 37.2 cm³/mol. The topological polar surface area (TPSA) is 121 Å². The Bertz CT molecular complexity index is 350. The highest BCUT2D eigenvalue weighted by molar-refractivity contribution is 5.74. The fourth-order valence-corrected chi connectivity index (χ4v) is 0.709. The van der Waals surface area contributed by atoms with Crippen LogP contribution in [0.4, 0.5) is 4.79 Å². The van der Waals surface area contributed by atoms with Crippen LogP contribution in [0.25, 0.3) is 0 Å². The van der Waals surface area contributed by atoms with Crippen LogP contribution in [-0.2, 0) is 0 Å². The lowest BCUT2D eigenvalue weighted by Gasteiger charge is -1.95. The van der Waals surface area contributed by atoms with E-state index in [0.29, 0.717) is 4.57 Å². The Morgan fingerprint density at radius 1 is 1.67 bits per heavy atom. The van der Waals surface area contributed by atoms with Gasteiger partial charge in [0.2, 0.25) is 0 Å². The molecule has 1 rings (SSSR count). The van der Waals surface area contributed by atoms with Crippen LogP contribution in [0.2, 0.25) is 0 Å². The molecule has 0 spiro atoms. The van der Waals surface area contributed by atoms with Crippen molar-refractivity contribution in [3.8, 4) is 0 Å². The standard InChI is InChI=1S/C5H7N3O4/c6-4(11)8-1-2(3(9)10)7-5(8)12/h1,3,9-10H,(H2,6,11)(H,7,12). The maximum Gasteiger partial charge on any atom is 0.334 e. The van der Waals surface area contributed by atoms with Crippen molar-refractivity contribution in [2.45, 2.75) is 6.29 Å². The molecule has 7 nitrogen and oxygen atoms in total. The molecule has 1 aromatic rings. The summed E-state index contributed by atoms with van der Waals surface area (Å²) in [4.78, 5) is 23.3. The number of nitrogens with zero attached hydrogens (tertiary/aromatic N) is 1. The van der Waals surface area contributed by atoms with E-state index in [0.717, 1.165) is 6.20 Å². The van der Waals surface area contributed by atoms with E-state index in [9.17, 15) is 9.59 Å². The van der Waals surface area contributed by atoms with E-state index >= 15 is 0 Å². The van der Waals surface area contributed by atoms with Gasteiger partial charge >= 0.3 is 11.7 Å². The molecule has 0 unspecified atom stereocenters. The zero-order valence-corrected chi connectivity index (χ0v) is 5.89. The van der Waals surface area contributed by atoms with Gasteiger partial charge in [-0.05, 0) is 0 Å². The van der Waals surface area contributed by atoms with Crippen LogP contribution < -0.4 is 11.4 Å². The van der Waals surface area contributed by atoms with Crippen molar-refractivity contribution in [2.24, 2.45) is 5.73 Å². The lowest BCUT2D eigenvalue weighted by atomic mass is 10.5. The maximum atomic E-state index is 10.8. The van der Waals surface area contributed by atoms with Gasteiger partial charge in [-0.25, -0.2) is 14.2 Å². The van der Waals surface area contributed by atoms with E-state index in [1.165, 1.54) is 0 Å². The monoisotopic (exact) mass is 173 g/mol. The molecule has 5 N–H and O–H groups in total. The molecule has 0 saturated carbocycles. The second kappa shape index (κ2) is 2.80. The number of amides is 1. The predicted octanol–water partition coefficient (Wildman–Crippen LogP) is -1.91. The van der Waals surface area contributed by atoms with Crippen molar-refractivity contribution in [3.05, 3.63) is 22.4 Å². The minimum absolute atomic E-state index is 0.182. The molecule has 0 aromatic carbocycles. The first-order chi connectivity index (χ1) is 5.52. The van der Waals surface area contributed by atoms with E-state index in [1.807, 2.05) is 4.98 Å². The quantitative estimate of drug-likeness (QED) is 0.370. The number of hydrogen-bond donors (Lipinski definition) is 4. The van der Waals surface area contributed by atoms with Crippen molar-refractivity contribution < 1.29 is 15.0 Å². The van der Waals surface area contributed by atoms with Gasteiger partial charge < -0.3 is 20.9 Å². The van der Waals surface area contributed by atoms with Gasteiger partial charge in [-0.1, -0.05) is 0 Å². The van der Waals surface area contributed by atoms with Crippen LogP contribution in [0.1, 0.15) is 12.0 Å².